The Hall–Kier alpha value is -1.85. The average Bonchev–Trinajstić information content (AvgIpc) is 2.16. The van der Waals surface area contributed by atoms with Crippen LogP contribution in [0.3, 0.4) is 0 Å². The van der Waals surface area contributed by atoms with Gasteiger partial charge in [0.1, 0.15) is 5.60 Å². The summed E-state index contributed by atoms with van der Waals surface area (Å²) in [5, 5.41) is 11.4. The number of nitrogens with one attached hydrogen (secondary N) is 1. The zero-order chi connectivity index (χ0) is 13.2. The first kappa shape index (κ1) is 13.2. The SMILES string of the molecule is CC(C)(C)OC(=O)Nc1ccc(F)c(F)c1O. The van der Waals surface area contributed by atoms with Crippen molar-refractivity contribution < 1.29 is 23.4 Å². The number of anilines is 1. The van der Waals surface area contributed by atoms with Crippen LogP contribution in [-0.2, 0) is 4.74 Å². The number of phenols is 1. The molecule has 0 aliphatic rings. The number of amides is 1. The Balaban J connectivity index is 2.83. The Labute approximate surface area is 97.2 Å². The monoisotopic (exact) mass is 245 g/mol. The van der Waals surface area contributed by atoms with Gasteiger partial charge in [0.25, 0.3) is 0 Å². The standard InChI is InChI=1S/C11H13F2NO3/c1-11(2,3)17-10(16)14-7-5-4-6(12)8(13)9(7)15/h4-5,15H,1-3H3,(H,14,16). The molecule has 0 aliphatic carbocycles. The predicted molar refractivity (Wildman–Crippen MR) is 57.9 cm³/mol. The molecule has 1 aromatic rings. The van der Waals surface area contributed by atoms with Crippen molar-refractivity contribution in [3.05, 3.63) is 23.8 Å². The van der Waals surface area contributed by atoms with E-state index in [1.807, 2.05) is 0 Å². The first-order chi connectivity index (χ1) is 7.70. The minimum absolute atomic E-state index is 0.252. The molecule has 0 atom stereocenters. The van der Waals surface area contributed by atoms with Crippen LogP contribution in [0.2, 0.25) is 0 Å². The van der Waals surface area contributed by atoms with Crippen LogP contribution in [0.1, 0.15) is 20.8 Å². The smallest absolute Gasteiger partial charge is 0.412 e. The predicted octanol–water partition coefficient (Wildman–Crippen LogP) is 3.02. The van der Waals surface area contributed by atoms with Gasteiger partial charge in [-0.1, -0.05) is 0 Å². The van der Waals surface area contributed by atoms with Crippen LogP contribution in [0.4, 0.5) is 19.3 Å². The van der Waals surface area contributed by atoms with Crippen molar-refractivity contribution >= 4 is 11.8 Å². The Bertz CT molecular complexity index is 441. The molecule has 1 rings (SSSR count). The van der Waals surface area contributed by atoms with E-state index in [0.29, 0.717) is 0 Å². The minimum atomic E-state index is -1.42. The van der Waals surface area contributed by atoms with E-state index in [1.54, 1.807) is 20.8 Å². The molecule has 1 aromatic carbocycles. The maximum absolute atomic E-state index is 13.0. The molecular weight excluding hydrogens is 232 g/mol. The number of rotatable bonds is 1. The van der Waals surface area contributed by atoms with Gasteiger partial charge in [0.05, 0.1) is 5.69 Å². The van der Waals surface area contributed by atoms with Crippen LogP contribution in [-0.4, -0.2) is 16.8 Å². The Morgan fingerprint density at radius 2 is 1.94 bits per heavy atom. The van der Waals surface area contributed by atoms with Crippen LogP contribution < -0.4 is 5.32 Å². The largest absolute Gasteiger partial charge is 0.503 e. The molecule has 0 saturated carbocycles. The summed E-state index contributed by atoms with van der Waals surface area (Å²) in [5.74, 6) is -3.58. The van der Waals surface area contributed by atoms with Gasteiger partial charge in [-0.05, 0) is 32.9 Å². The van der Waals surface area contributed by atoms with Gasteiger partial charge in [-0.15, -0.1) is 0 Å². The van der Waals surface area contributed by atoms with Crippen molar-refractivity contribution in [3.8, 4) is 5.75 Å². The highest BCUT2D eigenvalue weighted by atomic mass is 19.2. The lowest BCUT2D eigenvalue weighted by atomic mass is 10.2. The number of hydrogen-bond donors (Lipinski definition) is 2. The second-order valence-corrected chi connectivity index (χ2v) is 4.38. The molecule has 4 nitrogen and oxygen atoms in total. The normalized spacial score (nSPS) is 11.1. The Kier molecular flexibility index (Phi) is 3.55. The van der Waals surface area contributed by atoms with E-state index >= 15 is 0 Å². The summed E-state index contributed by atoms with van der Waals surface area (Å²) in [6, 6.07) is 1.83. The molecule has 0 radical (unpaired) electrons. The fourth-order valence-corrected chi connectivity index (χ4v) is 1.05. The summed E-state index contributed by atoms with van der Waals surface area (Å²) in [7, 11) is 0. The van der Waals surface area contributed by atoms with Crippen LogP contribution in [0, 0.1) is 11.6 Å². The molecule has 2 N–H and O–H groups in total. The molecule has 6 heteroatoms. The highest BCUT2D eigenvalue weighted by molar-refractivity contribution is 5.86. The number of aromatic hydroxyl groups is 1. The molecule has 17 heavy (non-hydrogen) atoms. The third-order valence-electron chi connectivity index (χ3n) is 1.70. The maximum atomic E-state index is 13.0. The lowest BCUT2D eigenvalue weighted by Gasteiger charge is -2.19. The van der Waals surface area contributed by atoms with Gasteiger partial charge in [-0.2, -0.15) is 4.39 Å². The van der Waals surface area contributed by atoms with E-state index in [9.17, 15) is 18.7 Å². The lowest BCUT2D eigenvalue weighted by Crippen LogP contribution is -2.27. The third kappa shape index (κ3) is 3.58. The Morgan fingerprint density at radius 1 is 1.35 bits per heavy atom. The van der Waals surface area contributed by atoms with E-state index in [0.717, 1.165) is 12.1 Å². The number of halogens is 2. The molecule has 1 amide bonds. The molecule has 94 valence electrons. The van der Waals surface area contributed by atoms with Crippen molar-refractivity contribution in [2.24, 2.45) is 0 Å². The van der Waals surface area contributed by atoms with E-state index < -0.39 is 29.1 Å². The summed E-state index contributed by atoms with van der Waals surface area (Å²) in [6.45, 7) is 4.95. The van der Waals surface area contributed by atoms with E-state index in [1.165, 1.54) is 0 Å². The number of carbonyl (C=O) groups excluding carboxylic acids is 1. The van der Waals surface area contributed by atoms with Crippen molar-refractivity contribution in [2.45, 2.75) is 26.4 Å². The minimum Gasteiger partial charge on any atom is -0.503 e. The highest BCUT2D eigenvalue weighted by Crippen LogP contribution is 2.28. The van der Waals surface area contributed by atoms with Gasteiger partial charge in [0, 0.05) is 0 Å². The van der Waals surface area contributed by atoms with Crippen LogP contribution in [0.25, 0.3) is 0 Å². The summed E-state index contributed by atoms with van der Waals surface area (Å²) < 4.78 is 30.5. The molecule has 0 fully saturated rings. The zero-order valence-corrected chi connectivity index (χ0v) is 9.67. The number of phenolic OH excluding ortho intramolecular Hbond substituents is 1. The maximum Gasteiger partial charge on any atom is 0.412 e. The van der Waals surface area contributed by atoms with Gasteiger partial charge in [0.15, 0.2) is 11.6 Å². The van der Waals surface area contributed by atoms with Crippen LogP contribution in [0.15, 0.2) is 12.1 Å². The fraction of sp³-hybridized carbons (Fsp3) is 0.364. The number of carbonyl (C=O) groups is 1. The number of benzene rings is 1. The topological polar surface area (TPSA) is 58.6 Å². The van der Waals surface area contributed by atoms with E-state index in [-0.39, 0.29) is 5.69 Å². The van der Waals surface area contributed by atoms with E-state index in [4.69, 9.17) is 4.74 Å². The highest BCUT2D eigenvalue weighted by Gasteiger charge is 2.19. The van der Waals surface area contributed by atoms with Gasteiger partial charge < -0.3 is 9.84 Å². The summed E-state index contributed by atoms with van der Waals surface area (Å²) >= 11 is 0. The first-order valence-electron chi connectivity index (χ1n) is 4.87. The summed E-state index contributed by atoms with van der Waals surface area (Å²) in [4.78, 5) is 11.3. The third-order valence-corrected chi connectivity index (χ3v) is 1.70. The van der Waals surface area contributed by atoms with Crippen molar-refractivity contribution in [3.63, 3.8) is 0 Å². The van der Waals surface area contributed by atoms with Gasteiger partial charge in [0.2, 0.25) is 5.82 Å². The first-order valence-corrected chi connectivity index (χ1v) is 4.87. The van der Waals surface area contributed by atoms with Crippen LogP contribution in [0.5, 0.6) is 5.75 Å². The fourth-order valence-electron chi connectivity index (χ4n) is 1.05. The molecule has 0 bridgehead atoms. The molecule has 0 unspecified atom stereocenters. The summed E-state index contributed by atoms with van der Waals surface area (Å²) in [5.41, 5.74) is -0.976. The van der Waals surface area contributed by atoms with Gasteiger partial charge >= 0.3 is 6.09 Å². The second-order valence-electron chi connectivity index (χ2n) is 4.38. The molecule has 0 saturated heterocycles. The number of hydrogen-bond acceptors (Lipinski definition) is 3. The molecule has 0 aromatic heterocycles. The van der Waals surface area contributed by atoms with Gasteiger partial charge in [-0.3, -0.25) is 5.32 Å². The quantitative estimate of drug-likeness (QED) is 0.748. The van der Waals surface area contributed by atoms with Crippen LogP contribution >= 0.6 is 0 Å². The second kappa shape index (κ2) is 4.57. The van der Waals surface area contributed by atoms with Crippen molar-refractivity contribution in [1.82, 2.24) is 0 Å². The molecule has 0 spiro atoms. The molecule has 0 heterocycles. The van der Waals surface area contributed by atoms with Crippen molar-refractivity contribution in [2.75, 3.05) is 5.32 Å². The molecular formula is C11H13F2NO3. The Morgan fingerprint density at radius 3 is 2.47 bits per heavy atom. The van der Waals surface area contributed by atoms with E-state index in [2.05, 4.69) is 5.32 Å². The molecule has 0 aliphatic heterocycles. The average molecular weight is 245 g/mol. The lowest BCUT2D eigenvalue weighted by molar-refractivity contribution is 0.0635. The van der Waals surface area contributed by atoms with Crippen molar-refractivity contribution in [1.29, 1.82) is 0 Å². The number of ether oxygens (including phenoxy) is 1. The summed E-state index contributed by atoms with van der Waals surface area (Å²) in [6.07, 6.45) is -0.862. The van der Waals surface area contributed by atoms with Gasteiger partial charge in [-0.25, -0.2) is 9.18 Å². The zero-order valence-electron chi connectivity index (χ0n) is 9.67.